The fourth-order valence-corrected chi connectivity index (χ4v) is 1.84. The van der Waals surface area contributed by atoms with E-state index in [4.69, 9.17) is 4.74 Å². The summed E-state index contributed by atoms with van der Waals surface area (Å²) in [5, 5.41) is 10.7. The highest BCUT2D eigenvalue weighted by molar-refractivity contribution is 5.75. The van der Waals surface area contributed by atoms with Crippen molar-refractivity contribution in [2.75, 3.05) is 0 Å². The van der Waals surface area contributed by atoms with E-state index in [-0.39, 0.29) is 5.69 Å². The monoisotopic (exact) mass is 271 g/mol. The zero-order valence-electron chi connectivity index (χ0n) is 11.1. The number of nitro benzene ring substituents is 1. The summed E-state index contributed by atoms with van der Waals surface area (Å²) in [4.78, 5) is 20.9. The summed E-state index contributed by atoms with van der Waals surface area (Å²) in [5.41, 5.74) is 2.11. The van der Waals surface area contributed by atoms with E-state index < -0.39 is 4.92 Å². The van der Waals surface area contributed by atoms with Gasteiger partial charge in [0.05, 0.1) is 4.92 Å². The summed E-state index contributed by atoms with van der Waals surface area (Å²) in [5.74, 6) is 1.17. The van der Waals surface area contributed by atoms with Gasteiger partial charge in [-0.15, -0.1) is 0 Å². The van der Waals surface area contributed by atoms with Crippen LogP contribution in [0.1, 0.15) is 21.5 Å². The average molecular weight is 271 g/mol. The van der Waals surface area contributed by atoms with Gasteiger partial charge in [0.1, 0.15) is 17.8 Å². The minimum Gasteiger partial charge on any atom is -0.457 e. The molecule has 0 aromatic heterocycles. The van der Waals surface area contributed by atoms with E-state index in [0.717, 1.165) is 11.8 Å². The van der Waals surface area contributed by atoms with Crippen molar-refractivity contribution < 1.29 is 14.5 Å². The van der Waals surface area contributed by atoms with Crippen molar-refractivity contribution in [2.24, 2.45) is 0 Å². The van der Waals surface area contributed by atoms with Crippen LogP contribution in [0.4, 0.5) is 5.69 Å². The predicted octanol–water partition coefficient (Wildman–Crippen LogP) is 3.82. The Hall–Kier alpha value is -2.69. The molecular formula is C15H13NO4. The van der Waals surface area contributed by atoms with Gasteiger partial charge < -0.3 is 4.74 Å². The van der Waals surface area contributed by atoms with E-state index in [1.165, 1.54) is 12.1 Å². The number of carbonyl (C=O) groups is 1. The molecule has 5 heteroatoms. The molecular weight excluding hydrogens is 258 g/mol. The molecule has 5 nitrogen and oxygen atoms in total. The summed E-state index contributed by atoms with van der Waals surface area (Å²) in [7, 11) is 0. The standard InChI is InChI=1S/C15H13NO4/c1-10-7-12(9-17)3-5-14(10)20-15-6-4-13(16(18)19)8-11(15)2/h3-9H,1-2H3. The Bertz CT molecular complexity index is 680. The lowest BCUT2D eigenvalue weighted by atomic mass is 10.1. The normalized spacial score (nSPS) is 10.1. The minimum atomic E-state index is -0.444. The first-order valence-electron chi connectivity index (χ1n) is 6.00. The Labute approximate surface area is 116 Å². The number of aryl methyl sites for hydroxylation is 2. The van der Waals surface area contributed by atoms with Crippen LogP contribution >= 0.6 is 0 Å². The zero-order chi connectivity index (χ0) is 14.7. The molecule has 0 atom stereocenters. The average Bonchev–Trinajstić information content (AvgIpc) is 2.42. The van der Waals surface area contributed by atoms with E-state index >= 15 is 0 Å². The van der Waals surface area contributed by atoms with Crippen LogP contribution in [-0.4, -0.2) is 11.2 Å². The van der Waals surface area contributed by atoms with Gasteiger partial charge in [0.25, 0.3) is 5.69 Å². The molecule has 0 N–H and O–H groups in total. The maximum Gasteiger partial charge on any atom is 0.269 e. The van der Waals surface area contributed by atoms with E-state index in [1.807, 2.05) is 6.92 Å². The van der Waals surface area contributed by atoms with Crippen molar-refractivity contribution in [2.45, 2.75) is 13.8 Å². The van der Waals surface area contributed by atoms with Gasteiger partial charge in [-0.25, -0.2) is 0 Å². The third kappa shape index (κ3) is 2.83. The first-order chi connectivity index (χ1) is 9.51. The lowest BCUT2D eigenvalue weighted by molar-refractivity contribution is -0.384. The van der Waals surface area contributed by atoms with E-state index in [0.29, 0.717) is 22.6 Å². The molecule has 0 saturated heterocycles. The SMILES string of the molecule is Cc1cc(C=O)ccc1Oc1ccc([N+](=O)[O-])cc1C. The number of aldehydes is 1. The molecule has 0 fully saturated rings. The van der Waals surface area contributed by atoms with Crippen LogP contribution in [-0.2, 0) is 0 Å². The van der Waals surface area contributed by atoms with E-state index in [1.54, 1.807) is 31.2 Å². The highest BCUT2D eigenvalue weighted by Gasteiger charge is 2.10. The molecule has 2 rings (SSSR count). The van der Waals surface area contributed by atoms with Gasteiger partial charge in [0, 0.05) is 17.7 Å². The number of ether oxygens (including phenoxy) is 1. The van der Waals surface area contributed by atoms with Crippen LogP contribution in [0.3, 0.4) is 0 Å². The van der Waals surface area contributed by atoms with Crippen LogP contribution in [0.2, 0.25) is 0 Å². The van der Waals surface area contributed by atoms with Crippen molar-refractivity contribution in [1.29, 1.82) is 0 Å². The van der Waals surface area contributed by atoms with Gasteiger partial charge in [-0.2, -0.15) is 0 Å². The number of nitrogens with zero attached hydrogens (tertiary/aromatic N) is 1. The van der Waals surface area contributed by atoms with Crippen molar-refractivity contribution in [3.05, 3.63) is 63.2 Å². The van der Waals surface area contributed by atoms with Crippen molar-refractivity contribution in [1.82, 2.24) is 0 Å². The quantitative estimate of drug-likeness (QED) is 0.481. The topological polar surface area (TPSA) is 69.4 Å². The molecule has 2 aromatic rings. The Kier molecular flexibility index (Phi) is 3.79. The Morgan fingerprint density at radius 2 is 1.65 bits per heavy atom. The minimum absolute atomic E-state index is 0.0304. The van der Waals surface area contributed by atoms with Crippen molar-refractivity contribution in [3.8, 4) is 11.5 Å². The van der Waals surface area contributed by atoms with Gasteiger partial charge in [-0.3, -0.25) is 14.9 Å². The molecule has 2 aromatic carbocycles. The molecule has 0 amide bonds. The van der Waals surface area contributed by atoms with Crippen LogP contribution in [0.5, 0.6) is 11.5 Å². The summed E-state index contributed by atoms with van der Waals surface area (Å²) < 4.78 is 5.74. The summed E-state index contributed by atoms with van der Waals surface area (Å²) >= 11 is 0. The lowest BCUT2D eigenvalue weighted by Crippen LogP contribution is -1.93. The molecule has 0 saturated carbocycles. The fraction of sp³-hybridized carbons (Fsp3) is 0.133. The van der Waals surface area contributed by atoms with Crippen molar-refractivity contribution >= 4 is 12.0 Å². The van der Waals surface area contributed by atoms with Crippen LogP contribution in [0.25, 0.3) is 0 Å². The molecule has 0 aliphatic heterocycles. The Balaban J connectivity index is 2.30. The van der Waals surface area contributed by atoms with Crippen LogP contribution in [0.15, 0.2) is 36.4 Å². The summed E-state index contributed by atoms with van der Waals surface area (Å²) in [6.45, 7) is 3.58. The van der Waals surface area contributed by atoms with Crippen LogP contribution < -0.4 is 4.74 Å². The van der Waals surface area contributed by atoms with E-state index in [9.17, 15) is 14.9 Å². The number of hydrogen-bond acceptors (Lipinski definition) is 4. The lowest BCUT2D eigenvalue weighted by Gasteiger charge is -2.11. The number of rotatable bonds is 4. The van der Waals surface area contributed by atoms with Gasteiger partial charge >= 0.3 is 0 Å². The molecule has 0 unspecified atom stereocenters. The number of carbonyl (C=O) groups excluding carboxylic acids is 1. The number of benzene rings is 2. The maximum atomic E-state index is 10.7. The fourth-order valence-electron chi connectivity index (χ4n) is 1.84. The molecule has 0 aliphatic carbocycles. The zero-order valence-corrected chi connectivity index (χ0v) is 11.1. The summed E-state index contributed by atoms with van der Waals surface area (Å²) in [6.07, 6.45) is 0.772. The summed E-state index contributed by atoms with van der Waals surface area (Å²) in [6, 6.07) is 9.53. The molecule has 20 heavy (non-hydrogen) atoms. The first-order valence-corrected chi connectivity index (χ1v) is 6.00. The molecule has 0 heterocycles. The van der Waals surface area contributed by atoms with Gasteiger partial charge in [-0.1, -0.05) is 0 Å². The second kappa shape index (κ2) is 5.52. The number of nitro groups is 1. The third-order valence-corrected chi connectivity index (χ3v) is 2.92. The van der Waals surface area contributed by atoms with Crippen LogP contribution in [0, 0.1) is 24.0 Å². The molecule has 102 valence electrons. The highest BCUT2D eigenvalue weighted by atomic mass is 16.6. The smallest absolute Gasteiger partial charge is 0.269 e. The Morgan fingerprint density at radius 3 is 2.15 bits per heavy atom. The second-order valence-corrected chi connectivity index (χ2v) is 4.45. The van der Waals surface area contributed by atoms with Gasteiger partial charge in [0.2, 0.25) is 0 Å². The maximum absolute atomic E-state index is 10.7. The van der Waals surface area contributed by atoms with Gasteiger partial charge in [0.15, 0.2) is 0 Å². The van der Waals surface area contributed by atoms with E-state index in [2.05, 4.69) is 0 Å². The van der Waals surface area contributed by atoms with Gasteiger partial charge in [-0.05, 0) is 49.2 Å². The molecule has 0 radical (unpaired) electrons. The third-order valence-electron chi connectivity index (χ3n) is 2.92. The first kappa shape index (κ1) is 13.7. The number of non-ortho nitro benzene ring substituents is 1. The second-order valence-electron chi connectivity index (χ2n) is 4.45. The highest BCUT2D eigenvalue weighted by Crippen LogP contribution is 2.30. The molecule has 0 aliphatic rings. The molecule has 0 spiro atoms. The molecule has 0 bridgehead atoms. The Morgan fingerprint density at radius 1 is 1.05 bits per heavy atom. The number of hydrogen-bond donors (Lipinski definition) is 0. The predicted molar refractivity (Wildman–Crippen MR) is 74.5 cm³/mol. The van der Waals surface area contributed by atoms with Crippen molar-refractivity contribution in [3.63, 3.8) is 0 Å². The largest absolute Gasteiger partial charge is 0.457 e.